The molecule has 3 heteroatoms. The highest BCUT2D eigenvalue weighted by atomic mass is 16.4. The zero-order valence-electron chi connectivity index (χ0n) is 3.26. The van der Waals surface area contributed by atoms with Gasteiger partial charge in [0.05, 0.1) is 18.8 Å². The number of hydrogen-bond acceptors (Lipinski definition) is 2. The van der Waals surface area contributed by atoms with Crippen molar-refractivity contribution in [2.24, 2.45) is 5.16 Å². The van der Waals surface area contributed by atoms with Crippen LogP contribution in [0, 0.1) is 0 Å². The summed E-state index contributed by atoms with van der Waals surface area (Å²) in [5.41, 5.74) is 0.787. The summed E-state index contributed by atoms with van der Waals surface area (Å²) >= 11 is 0. The fraction of sp³-hybridized carbons (Fsp3) is 0.667. The van der Waals surface area contributed by atoms with Gasteiger partial charge in [0.2, 0.25) is 0 Å². The van der Waals surface area contributed by atoms with Gasteiger partial charge in [0.1, 0.15) is 0 Å². The Labute approximate surface area is 35.7 Å². The van der Waals surface area contributed by atoms with Crippen LogP contribution >= 0.6 is 0 Å². The molecule has 0 aromatic rings. The molecule has 1 fully saturated rings. The van der Waals surface area contributed by atoms with E-state index in [0.29, 0.717) is 13.1 Å². The van der Waals surface area contributed by atoms with Crippen LogP contribution in [0.25, 0.3) is 0 Å². The largest absolute Gasteiger partial charge is 0.411 e. The van der Waals surface area contributed by atoms with Crippen LogP contribution < -0.4 is 5.32 Å². The predicted molar refractivity (Wildman–Crippen MR) is 21.1 cm³/mol. The van der Waals surface area contributed by atoms with Gasteiger partial charge in [0.15, 0.2) is 0 Å². The average Bonchev–Trinajstić information content (AvgIpc) is 1.31. The quantitative estimate of drug-likeness (QED) is 0.311. The molecule has 0 amide bonds. The minimum Gasteiger partial charge on any atom is -0.411 e. The third-order valence-corrected chi connectivity index (χ3v) is 0.730. The third kappa shape index (κ3) is 0.367. The second kappa shape index (κ2) is 1.26. The Morgan fingerprint density at radius 3 is 2.33 bits per heavy atom. The maximum atomic E-state index is 7.91. The number of oxime groups is 1. The second-order valence-electron chi connectivity index (χ2n) is 1.21. The smallest absolute Gasteiger partial charge is 0.0879 e. The zero-order valence-corrected chi connectivity index (χ0v) is 3.26. The highest BCUT2D eigenvalue weighted by Crippen LogP contribution is 1.84. The van der Waals surface area contributed by atoms with E-state index >= 15 is 0 Å². The van der Waals surface area contributed by atoms with E-state index in [2.05, 4.69) is 10.5 Å². The SMILES string of the molecule is ON=C1C[N]C1. The van der Waals surface area contributed by atoms with Gasteiger partial charge in [-0.05, 0) is 0 Å². The molecule has 3 nitrogen and oxygen atoms in total. The van der Waals surface area contributed by atoms with E-state index in [0.717, 1.165) is 5.71 Å². The fourth-order valence-electron chi connectivity index (χ4n) is 0.275. The van der Waals surface area contributed by atoms with Crippen LogP contribution in [0.15, 0.2) is 5.16 Å². The minimum atomic E-state index is 0.635. The summed E-state index contributed by atoms with van der Waals surface area (Å²) in [6.45, 7) is 1.27. The molecule has 1 rings (SSSR count). The number of rotatable bonds is 0. The first kappa shape index (κ1) is 3.61. The van der Waals surface area contributed by atoms with Gasteiger partial charge in [-0.25, -0.2) is 5.32 Å². The first-order valence-electron chi connectivity index (χ1n) is 1.76. The van der Waals surface area contributed by atoms with Crippen molar-refractivity contribution < 1.29 is 5.21 Å². The van der Waals surface area contributed by atoms with E-state index in [-0.39, 0.29) is 0 Å². The molecule has 1 heterocycles. The van der Waals surface area contributed by atoms with Crippen molar-refractivity contribution in [3.05, 3.63) is 0 Å². The predicted octanol–water partition coefficient (Wildman–Crippen LogP) is -0.565. The van der Waals surface area contributed by atoms with Crippen molar-refractivity contribution in [2.75, 3.05) is 13.1 Å². The van der Waals surface area contributed by atoms with Gasteiger partial charge in [-0.1, -0.05) is 5.16 Å². The van der Waals surface area contributed by atoms with Crippen LogP contribution in [0.2, 0.25) is 0 Å². The van der Waals surface area contributed by atoms with Gasteiger partial charge in [0.25, 0.3) is 0 Å². The standard InChI is InChI=1S/C3H5N2O/c6-5-3-1-4-2-3/h6H,1-2H2. The Kier molecular flexibility index (Phi) is 0.759. The van der Waals surface area contributed by atoms with Crippen LogP contribution in [0.5, 0.6) is 0 Å². The Hall–Kier alpha value is -0.570. The van der Waals surface area contributed by atoms with Crippen LogP contribution in [-0.4, -0.2) is 24.0 Å². The molecular formula is C3H5N2O. The molecule has 0 atom stereocenters. The zero-order chi connectivity index (χ0) is 4.41. The van der Waals surface area contributed by atoms with Gasteiger partial charge in [0, 0.05) is 0 Å². The summed E-state index contributed by atoms with van der Waals surface area (Å²) in [5.74, 6) is 0. The van der Waals surface area contributed by atoms with E-state index < -0.39 is 0 Å². The van der Waals surface area contributed by atoms with Crippen molar-refractivity contribution in [3.8, 4) is 0 Å². The van der Waals surface area contributed by atoms with Gasteiger partial charge in [-0.3, -0.25) is 0 Å². The molecule has 1 N–H and O–H groups in total. The molecule has 1 radical (unpaired) electrons. The number of nitrogens with zero attached hydrogens (tertiary/aromatic N) is 2. The molecule has 0 aliphatic carbocycles. The van der Waals surface area contributed by atoms with Crippen LogP contribution in [0.3, 0.4) is 0 Å². The number of hydrogen-bond donors (Lipinski definition) is 1. The Bertz CT molecular complexity index is 72.9. The van der Waals surface area contributed by atoms with E-state index in [1.54, 1.807) is 0 Å². The first-order valence-corrected chi connectivity index (χ1v) is 1.76. The topological polar surface area (TPSA) is 46.7 Å². The lowest BCUT2D eigenvalue weighted by atomic mass is 10.2. The molecule has 1 aliphatic rings. The summed E-state index contributed by atoms with van der Waals surface area (Å²) in [5, 5.41) is 14.6. The van der Waals surface area contributed by atoms with Crippen molar-refractivity contribution in [1.82, 2.24) is 5.32 Å². The maximum absolute atomic E-state index is 7.91. The average molecular weight is 85.1 g/mol. The molecule has 0 saturated carbocycles. The lowest BCUT2D eigenvalue weighted by molar-refractivity contribution is 0.313. The molecule has 0 bridgehead atoms. The van der Waals surface area contributed by atoms with Crippen LogP contribution in [-0.2, 0) is 0 Å². The lowest BCUT2D eigenvalue weighted by Crippen LogP contribution is -2.36. The minimum absolute atomic E-state index is 0.635. The van der Waals surface area contributed by atoms with Gasteiger partial charge < -0.3 is 5.21 Å². The van der Waals surface area contributed by atoms with Gasteiger partial charge >= 0.3 is 0 Å². The molecule has 1 saturated heterocycles. The van der Waals surface area contributed by atoms with Crippen LogP contribution in [0.1, 0.15) is 0 Å². The Balaban J connectivity index is 2.34. The Morgan fingerprint density at radius 2 is 2.33 bits per heavy atom. The van der Waals surface area contributed by atoms with E-state index in [9.17, 15) is 0 Å². The van der Waals surface area contributed by atoms with Gasteiger partial charge in [-0.2, -0.15) is 0 Å². The van der Waals surface area contributed by atoms with Crippen LogP contribution in [0.4, 0.5) is 0 Å². The van der Waals surface area contributed by atoms with Crippen molar-refractivity contribution in [3.63, 3.8) is 0 Å². The molecule has 0 spiro atoms. The third-order valence-electron chi connectivity index (χ3n) is 0.730. The highest BCUT2D eigenvalue weighted by Gasteiger charge is 2.09. The van der Waals surface area contributed by atoms with E-state index in [1.807, 2.05) is 0 Å². The maximum Gasteiger partial charge on any atom is 0.0879 e. The lowest BCUT2D eigenvalue weighted by Gasteiger charge is -2.10. The highest BCUT2D eigenvalue weighted by molar-refractivity contribution is 5.92. The molecule has 1 aliphatic heterocycles. The second-order valence-corrected chi connectivity index (χ2v) is 1.21. The molecular weight excluding hydrogens is 80.0 g/mol. The van der Waals surface area contributed by atoms with Crippen molar-refractivity contribution >= 4 is 5.71 Å². The molecule has 0 unspecified atom stereocenters. The van der Waals surface area contributed by atoms with Crippen molar-refractivity contribution in [2.45, 2.75) is 0 Å². The summed E-state index contributed by atoms with van der Waals surface area (Å²) in [7, 11) is 0. The fourth-order valence-corrected chi connectivity index (χ4v) is 0.275. The summed E-state index contributed by atoms with van der Waals surface area (Å²) in [6, 6.07) is 0. The van der Waals surface area contributed by atoms with E-state index in [4.69, 9.17) is 5.21 Å². The molecule has 6 heavy (non-hydrogen) atoms. The van der Waals surface area contributed by atoms with Crippen molar-refractivity contribution in [1.29, 1.82) is 0 Å². The Morgan fingerprint density at radius 1 is 1.67 bits per heavy atom. The molecule has 0 aromatic carbocycles. The molecule has 33 valence electrons. The monoisotopic (exact) mass is 85.0 g/mol. The van der Waals surface area contributed by atoms with E-state index in [1.165, 1.54) is 0 Å². The summed E-state index contributed by atoms with van der Waals surface area (Å²) < 4.78 is 0. The summed E-state index contributed by atoms with van der Waals surface area (Å²) in [6.07, 6.45) is 0. The normalized spacial score (nSPS) is 19.7. The first-order chi connectivity index (χ1) is 2.93. The summed E-state index contributed by atoms with van der Waals surface area (Å²) in [4.78, 5) is 0. The molecule has 0 aromatic heterocycles. The van der Waals surface area contributed by atoms with Gasteiger partial charge in [-0.15, -0.1) is 0 Å².